The molecule has 0 atom stereocenters. The first-order chi connectivity index (χ1) is 12.2. The number of benzene rings is 2. The molecular formula is C22H21NO2. The summed E-state index contributed by atoms with van der Waals surface area (Å²) in [5.74, 6) is -0.376. The molecule has 1 aliphatic heterocycles. The summed E-state index contributed by atoms with van der Waals surface area (Å²) in [6.07, 6.45) is 1.87. The van der Waals surface area contributed by atoms with Gasteiger partial charge in [0.2, 0.25) is 0 Å². The van der Waals surface area contributed by atoms with Crippen molar-refractivity contribution in [3.05, 3.63) is 81.9 Å². The Morgan fingerprint density at radius 1 is 1.08 bits per heavy atom. The van der Waals surface area contributed by atoms with Crippen LogP contribution in [0, 0.1) is 0 Å². The van der Waals surface area contributed by atoms with E-state index < -0.39 is 5.97 Å². The van der Waals surface area contributed by atoms with Crippen molar-refractivity contribution < 1.29 is 9.90 Å². The normalized spacial score (nSPS) is 26.0. The van der Waals surface area contributed by atoms with Gasteiger partial charge in [0, 0.05) is 24.3 Å². The molecule has 3 heteroatoms. The predicted molar refractivity (Wildman–Crippen MR) is 96.9 cm³/mol. The summed E-state index contributed by atoms with van der Waals surface area (Å²) in [4.78, 5) is 11.5. The van der Waals surface area contributed by atoms with Crippen LogP contribution in [0.15, 0.2) is 59.7 Å². The van der Waals surface area contributed by atoms with Gasteiger partial charge in [-0.2, -0.15) is 0 Å². The Kier molecular flexibility index (Phi) is 3.16. The summed E-state index contributed by atoms with van der Waals surface area (Å²) in [6.45, 7) is 1.88. The SMILES string of the molecule is O=C(O)CCC12C3=C(CCNC3)C(c3ccccc31)c1ccccc12. The number of carbonyl (C=O) groups is 1. The maximum atomic E-state index is 11.5. The summed E-state index contributed by atoms with van der Waals surface area (Å²) in [5, 5.41) is 13.0. The Labute approximate surface area is 147 Å². The number of carboxylic acid groups (broad SMARTS) is 1. The molecule has 2 N–H and O–H groups in total. The summed E-state index contributed by atoms with van der Waals surface area (Å²) in [5.41, 5.74) is 8.08. The zero-order chi connectivity index (χ0) is 17.0. The highest BCUT2D eigenvalue weighted by molar-refractivity contribution is 5.72. The average molecular weight is 331 g/mol. The molecule has 4 aliphatic rings. The van der Waals surface area contributed by atoms with E-state index in [9.17, 15) is 9.90 Å². The van der Waals surface area contributed by atoms with Gasteiger partial charge in [-0.15, -0.1) is 0 Å². The Morgan fingerprint density at radius 3 is 2.36 bits per heavy atom. The summed E-state index contributed by atoms with van der Waals surface area (Å²) >= 11 is 0. The van der Waals surface area contributed by atoms with Gasteiger partial charge in [0.25, 0.3) is 0 Å². The first-order valence-corrected chi connectivity index (χ1v) is 9.07. The van der Waals surface area contributed by atoms with Gasteiger partial charge in [-0.3, -0.25) is 4.79 Å². The first kappa shape index (κ1) is 14.9. The van der Waals surface area contributed by atoms with Gasteiger partial charge in [0.05, 0.1) is 0 Å². The lowest BCUT2D eigenvalue weighted by Crippen LogP contribution is -2.48. The molecule has 0 spiro atoms. The van der Waals surface area contributed by atoms with Crippen molar-refractivity contribution in [1.29, 1.82) is 0 Å². The highest BCUT2D eigenvalue weighted by Crippen LogP contribution is 2.61. The van der Waals surface area contributed by atoms with Crippen LogP contribution in [0.5, 0.6) is 0 Å². The largest absolute Gasteiger partial charge is 0.481 e. The standard InChI is InChI=1S/C22H21NO2/c24-20(25)9-11-22-17-7-3-1-5-14(17)21(15-6-2-4-8-18(15)22)16-10-12-23-13-19(16)22/h1-8,21,23H,9-13H2,(H,24,25). The van der Waals surface area contributed by atoms with E-state index in [4.69, 9.17) is 0 Å². The monoisotopic (exact) mass is 331 g/mol. The molecule has 0 radical (unpaired) electrons. The summed E-state index contributed by atoms with van der Waals surface area (Å²) < 4.78 is 0. The first-order valence-electron chi connectivity index (χ1n) is 9.07. The number of carboxylic acids is 1. The minimum absolute atomic E-state index is 0.185. The third-order valence-corrected chi connectivity index (χ3v) is 6.30. The quantitative estimate of drug-likeness (QED) is 0.845. The molecule has 2 bridgehead atoms. The van der Waals surface area contributed by atoms with E-state index >= 15 is 0 Å². The maximum absolute atomic E-state index is 11.5. The van der Waals surface area contributed by atoms with Gasteiger partial charge < -0.3 is 10.4 Å². The molecule has 126 valence electrons. The van der Waals surface area contributed by atoms with Crippen molar-refractivity contribution in [3.8, 4) is 0 Å². The smallest absolute Gasteiger partial charge is 0.303 e. The van der Waals surface area contributed by atoms with E-state index in [-0.39, 0.29) is 11.8 Å². The van der Waals surface area contributed by atoms with Gasteiger partial charge in [0.15, 0.2) is 0 Å². The number of hydrogen-bond donors (Lipinski definition) is 2. The van der Waals surface area contributed by atoms with Gasteiger partial charge in [0.1, 0.15) is 0 Å². The number of hydrogen-bond acceptors (Lipinski definition) is 2. The van der Waals surface area contributed by atoms with Crippen LogP contribution in [0.1, 0.15) is 47.4 Å². The Morgan fingerprint density at radius 2 is 1.72 bits per heavy atom. The highest BCUT2D eigenvalue weighted by Gasteiger charge is 2.52. The van der Waals surface area contributed by atoms with Gasteiger partial charge in [-0.25, -0.2) is 0 Å². The van der Waals surface area contributed by atoms with E-state index in [0.717, 1.165) is 19.5 Å². The molecular weight excluding hydrogens is 310 g/mol. The van der Waals surface area contributed by atoms with Crippen LogP contribution in [0.4, 0.5) is 0 Å². The fraction of sp³-hybridized carbons (Fsp3) is 0.318. The number of nitrogens with one attached hydrogen (secondary N) is 1. The lowest BCUT2D eigenvalue weighted by atomic mass is 9.51. The third kappa shape index (κ3) is 1.87. The Balaban J connectivity index is 1.85. The van der Waals surface area contributed by atoms with Crippen LogP contribution in [0.25, 0.3) is 0 Å². The van der Waals surface area contributed by atoms with E-state index in [0.29, 0.717) is 12.3 Å². The van der Waals surface area contributed by atoms with E-state index in [1.807, 2.05) is 0 Å². The molecule has 0 unspecified atom stereocenters. The molecule has 2 aromatic carbocycles. The minimum atomic E-state index is -0.719. The van der Waals surface area contributed by atoms with Crippen molar-refractivity contribution in [2.24, 2.45) is 0 Å². The topological polar surface area (TPSA) is 49.3 Å². The maximum Gasteiger partial charge on any atom is 0.303 e. The molecule has 0 amide bonds. The van der Waals surface area contributed by atoms with E-state index in [1.54, 1.807) is 0 Å². The molecule has 0 fully saturated rings. The van der Waals surface area contributed by atoms with E-state index in [2.05, 4.69) is 53.8 Å². The van der Waals surface area contributed by atoms with Crippen molar-refractivity contribution in [3.63, 3.8) is 0 Å². The third-order valence-electron chi connectivity index (χ3n) is 6.30. The Hall–Kier alpha value is -2.39. The fourth-order valence-electron chi connectivity index (χ4n) is 5.45. The summed E-state index contributed by atoms with van der Waals surface area (Å²) in [7, 11) is 0. The average Bonchev–Trinajstić information content (AvgIpc) is 2.66. The second-order valence-corrected chi connectivity index (χ2v) is 7.34. The van der Waals surface area contributed by atoms with Crippen LogP contribution in [0.3, 0.4) is 0 Å². The van der Waals surface area contributed by atoms with Crippen LogP contribution in [-0.2, 0) is 10.2 Å². The van der Waals surface area contributed by atoms with Crippen LogP contribution >= 0.6 is 0 Å². The second-order valence-electron chi connectivity index (χ2n) is 7.34. The van der Waals surface area contributed by atoms with Gasteiger partial charge >= 0.3 is 5.97 Å². The number of aliphatic carboxylic acids is 1. The molecule has 6 rings (SSSR count). The molecule has 25 heavy (non-hydrogen) atoms. The number of rotatable bonds is 3. The molecule has 3 aliphatic carbocycles. The molecule has 1 heterocycles. The zero-order valence-corrected chi connectivity index (χ0v) is 14.1. The van der Waals surface area contributed by atoms with Crippen LogP contribution in [0.2, 0.25) is 0 Å². The molecule has 0 saturated heterocycles. The van der Waals surface area contributed by atoms with Crippen LogP contribution in [-0.4, -0.2) is 24.2 Å². The second kappa shape index (κ2) is 5.30. The van der Waals surface area contributed by atoms with Crippen molar-refractivity contribution >= 4 is 5.97 Å². The lowest BCUT2D eigenvalue weighted by molar-refractivity contribution is -0.137. The van der Waals surface area contributed by atoms with E-state index in [1.165, 1.54) is 33.4 Å². The molecule has 0 saturated carbocycles. The molecule has 0 aromatic heterocycles. The predicted octanol–water partition coefficient (Wildman–Crippen LogP) is 3.59. The highest BCUT2D eigenvalue weighted by atomic mass is 16.4. The minimum Gasteiger partial charge on any atom is -0.481 e. The lowest BCUT2D eigenvalue weighted by Gasteiger charge is -2.53. The summed E-state index contributed by atoms with van der Waals surface area (Å²) in [6, 6.07) is 17.4. The molecule has 3 nitrogen and oxygen atoms in total. The molecule has 2 aromatic rings. The zero-order valence-electron chi connectivity index (χ0n) is 14.1. The van der Waals surface area contributed by atoms with Crippen LogP contribution < -0.4 is 5.32 Å². The van der Waals surface area contributed by atoms with Crippen molar-refractivity contribution in [2.75, 3.05) is 13.1 Å². The van der Waals surface area contributed by atoms with Gasteiger partial charge in [-0.1, -0.05) is 54.1 Å². The Bertz CT molecular complexity index is 864. The van der Waals surface area contributed by atoms with Crippen molar-refractivity contribution in [1.82, 2.24) is 5.32 Å². The fourth-order valence-corrected chi connectivity index (χ4v) is 5.45. The van der Waals surface area contributed by atoms with Gasteiger partial charge in [-0.05, 0) is 47.2 Å². The van der Waals surface area contributed by atoms with Crippen molar-refractivity contribution in [2.45, 2.75) is 30.6 Å².